The summed E-state index contributed by atoms with van der Waals surface area (Å²) >= 11 is 0. The first kappa shape index (κ1) is 11.3. The van der Waals surface area contributed by atoms with Gasteiger partial charge in [-0.2, -0.15) is 0 Å². The van der Waals surface area contributed by atoms with Crippen LogP contribution in [0.5, 0.6) is 0 Å². The number of nitrogens with zero attached hydrogens (tertiary/aromatic N) is 1. The van der Waals surface area contributed by atoms with Crippen molar-refractivity contribution in [1.29, 1.82) is 0 Å². The second kappa shape index (κ2) is 5.20. The molecule has 4 heteroatoms. The lowest BCUT2D eigenvalue weighted by atomic mass is 10.2. The molecule has 0 spiro atoms. The van der Waals surface area contributed by atoms with E-state index in [1.807, 2.05) is 13.8 Å². The Labute approximate surface area is 85.8 Å². The van der Waals surface area contributed by atoms with Crippen molar-refractivity contribution in [3.63, 3.8) is 0 Å². The zero-order valence-electron chi connectivity index (χ0n) is 9.12. The van der Waals surface area contributed by atoms with Gasteiger partial charge in [-0.3, -0.25) is 0 Å². The van der Waals surface area contributed by atoms with E-state index in [9.17, 15) is 4.79 Å². The minimum Gasteiger partial charge on any atom is -0.334 e. The van der Waals surface area contributed by atoms with Crippen LogP contribution in [0.3, 0.4) is 0 Å². The van der Waals surface area contributed by atoms with Crippen LogP contribution in [0.25, 0.3) is 0 Å². The van der Waals surface area contributed by atoms with Crippen molar-refractivity contribution in [2.24, 2.45) is 5.73 Å². The summed E-state index contributed by atoms with van der Waals surface area (Å²) in [6, 6.07) is 0.356. The van der Waals surface area contributed by atoms with Gasteiger partial charge < -0.3 is 16.0 Å². The highest BCUT2D eigenvalue weighted by Gasteiger charge is 2.26. The van der Waals surface area contributed by atoms with E-state index in [2.05, 4.69) is 5.32 Å². The summed E-state index contributed by atoms with van der Waals surface area (Å²) in [5.41, 5.74) is 5.88. The third-order valence-corrected chi connectivity index (χ3v) is 2.93. The molecule has 3 N–H and O–H groups in total. The summed E-state index contributed by atoms with van der Waals surface area (Å²) < 4.78 is 0. The lowest BCUT2D eigenvalue weighted by Gasteiger charge is -2.24. The maximum absolute atomic E-state index is 11.7. The topological polar surface area (TPSA) is 58.4 Å². The van der Waals surface area contributed by atoms with Crippen LogP contribution < -0.4 is 11.1 Å². The zero-order chi connectivity index (χ0) is 10.6. The Kier molecular flexibility index (Phi) is 4.20. The maximum Gasteiger partial charge on any atom is 0.317 e. The SMILES string of the molecule is CCN(CC)C(=O)NC1CCCC1N. The molecule has 82 valence electrons. The van der Waals surface area contributed by atoms with Crippen LogP contribution in [0.2, 0.25) is 0 Å². The molecule has 1 rings (SSSR count). The van der Waals surface area contributed by atoms with Crippen molar-refractivity contribution in [2.45, 2.75) is 45.2 Å². The number of carbonyl (C=O) groups is 1. The molecule has 0 heterocycles. The highest BCUT2D eigenvalue weighted by Crippen LogP contribution is 2.17. The molecule has 0 aromatic carbocycles. The Morgan fingerprint density at radius 2 is 2.07 bits per heavy atom. The number of hydrogen-bond donors (Lipinski definition) is 2. The van der Waals surface area contributed by atoms with Gasteiger partial charge in [0.25, 0.3) is 0 Å². The molecule has 0 aromatic rings. The fourth-order valence-electron chi connectivity index (χ4n) is 1.93. The van der Waals surface area contributed by atoms with Crippen LogP contribution >= 0.6 is 0 Å². The molecule has 1 aliphatic carbocycles. The number of nitrogens with two attached hydrogens (primary N) is 1. The van der Waals surface area contributed by atoms with E-state index in [4.69, 9.17) is 5.73 Å². The molecular weight excluding hydrogens is 178 g/mol. The molecule has 2 amide bonds. The molecule has 1 saturated carbocycles. The van der Waals surface area contributed by atoms with Gasteiger partial charge in [0.2, 0.25) is 0 Å². The van der Waals surface area contributed by atoms with E-state index in [0.29, 0.717) is 0 Å². The van der Waals surface area contributed by atoms with Crippen molar-refractivity contribution >= 4 is 6.03 Å². The van der Waals surface area contributed by atoms with Crippen molar-refractivity contribution < 1.29 is 4.79 Å². The molecular formula is C10H21N3O. The number of carbonyl (C=O) groups excluding carboxylic acids is 1. The monoisotopic (exact) mass is 199 g/mol. The normalized spacial score (nSPS) is 26.2. The first-order valence-electron chi connectivity index (χ1n) is 5.50. The van der Waals surface area contributed by atoms with E-state index in [-0.39, 0.29) is 18.1 Å². The van der Waals surface area contributed by atoms with Gasteiger partial charge >= 0.3 is 6.03 Å². The van der Waals surface area contributed by atoms with Crippen LogP contribution in [0.4, 0.5) is 4.79 Å². The van der Waals surface area contributed by atoms with Gasteiger partial charge in [0, 0.05) is 25.2 Å². The van der Waals surface area contributed by atoms with Crippen molar-refractivity contribution in [3.05, 3.63) is 0 Å². The van der Waals surface area contributed by atoms with Crippen molar-refractivity contribution in [3.8, 4) is 0 Å². The summed E-state index contributed by atoms with van der Waals surface area (Å²) in [4.78, 5) is 13.4. The summed E-state index contributed by atoms with van der Waals surface area (Å²) in [7, 11) is 0. The predicted octanol–water partition coefficient (Wildman–Crippen LogP) is 0.918. The molecule has 2 atom stereocenters. The third-order valence-electron chi connectivity index (χ3n) is 2.93. The van der Waals surface area contributed by atoms with E-state index in [0.717, 1.165) is 32.4 Å². The van der Waals surface area contributed by atoms with E-state index >= 15 is 0 Å². The predicted molar refractivity (Wildman–Crippen MR) is 57.1 cm³/mol. The van der Waals surface area contributed by atoms with E-state index in [1.165, 1.54) is 0 Å². The number of urea groups is 1. The Balaban J connectivity index is 2.39. The van der Waals surface area contributed by atoms with Crippen LogP contribution in [0.15, 0.2) is 0 Å². The Hall–Kier alpha value is -0.770. The zero-order valence-corrected chi connectivity index (χ0v) is 9.12. The van der Waals surface area contributed by atoms with Gasteiger partial charge in [-0.05, 0) is 33.1 Å². The first-order valence-corrected chi connectivity index (χ1v) is 5.50. The van der Waals surface area contributed by atoms with Gasteiger partial charge in [0.05, 0.1) is 0 Å². The summed E-state index contributed by atoms with van der Waals surface area (Å²) in [6.07, 6.45) is 3.18. The van der Waals surface area contributed by atoms with Gasteiger partial charge in [-0.1, -0.05) is 0 Å². The second-order valence-electron chi connectivity index (χ2n) is 3.82. The smallest absolute Gasteiger partial charge is 0.317 e. The molecule has 14 heavy (non-hydrogen) atoms. The molecule has 2 unspecified atom stereocenters. The molecule has 1 fully saturated rings. The molecule has 4 nitrogen and oxygen atoms in total. The highest BCUT2D eigenvalue weighted by atomic mass is 16.2. The van der Waals surface area contributed by atoms with Crippen molar-refractivity contribution in [2.75, 3.05) is 13.1 Å². The van der Waals surface area contributed by atoms with Crippen LogP contribution in [-0.2, 0) is 0 Å². The lowest BCUT2D eigenvalue weighted by Crippen LogP contribution is -2.49. The number of amides is 2. The van der Waals surface area contributed by atoms with Crippen LogP contribution in [-0.4, -0.2) is 36.1 Å². The van der Waals surface area contributed by atoms with Gasteiger partial charge in [-0.25, -0.2) is 4.79 Å². The average molecular weight is 199 g/mol. The largest absolute Gasteiger partial charge is 0.334 e. The van der Waals surface area contributed by atoms with E-state index < -0.39 is 0 Å². The molecule has 0 saturated heterocycles. The molecule has 0 bridgehead atoms. The van der Waals surface area contributed by atoms with Crippen LogP contribution in [0, 0.1) is 0 Å². The van der Waals surface area contributed by atoms with Gasteiger partial charge in [0.15, 0.2) is 0 Å². The lowest BCUT2D eigenvalue weighted by molar-refractivity contribution is 0.198. The standard InChI is InChI=1S/C10H21N3O/c1-3-13(4-2)10(14)12-9-7-5-6-8(9)11/h8-9H,3-7,11H2,1-2H3,(H,12,14). The third kappa shape index (κ3) is 2.61. The minimum atomic E-state index is 0.0253. The Morgan fingerprint density at radius 1 is 1.43 bits per heavy atom. The average Bonchev–Trinajstić information content (AvgIpc) is 2.54. The molecule has 0 aliphatic heterocycles. The summed E-state index contributed by atoms with van der Waals surface area (Å²) in [6.45, 7) is 5.48. The highest BCUT2D eigenvalue weighted by molar-refractivity contribution is 5.74. The van der Waals surface area contributed by atoms with Crippen molar-refractivity contribution in [1.82, 2.24) is 10.2 Å². The second-order valence-corrected chi connectivity index (χ2v) is 3.82. The molecule has 1 aliphatic rings. The fraction of sp³-hybridized carbons (Fsp3) is 0.900. The summed E-state index contributed by atoms with van der Waals surface area (Å²) in [5, 5.41) is 2.99. The van der Waals surface area contributed by atoms with Crippen LogP contribution in [0.1, 0.15) is 33.1 Å². The maximum atomic E-state index is 11.7. The minimum absolute atomic E-state index is 0.0253. The van der Waals surface area contributed by atoms with E-state index in [1.54, 1.807) is 4.90 Å². The number of hydrogen-bond acceptors (Lipinski definition) is 2. The first-order chi connectivity index (χ1) is 6.69. The molecule has 0 radical (unpaired) electrons. The fourth-order valence-corrected chi connectivity index (χ4v) is 1.93. The quantitative estimate of drug-likeness (QED) is 0.710. The van der Waals surface area contributed by atoms with Gasteiger partial charge in [-0.15, -0.1) is 0 Å². The summed E-state index contributed by atoms with van der Waals surface area (Å²) in [5.74, 6) is 0. The molecule has 0 aromatic heterocycles. The number of nitrogens with one attached hydrogen (secondary N) is 1. The Morgan fingerprint density at radius 3 is 2.50 bits per heavy atom. The Bertz CT molecular complexity index is 192. The number of rotatable bonds is 3. The van der Waals surface area contributed by atoms with Gasteiger partial charge in [0.1, 0.15) is 0 Å².